The summed E-state index contributed by atoms with van der Waals surface area (Å²) in [5.41, 5.74) is 7.68. The van der Waals surface area contributed by atoms with E-state index in [0.29, 0.717) is 17.5 Å². The van der Waals surface area contributed by atoms with Crippen LogP contribution in [0.1, 0.15) is 25.0 Å². The Morgan fingerprint density at radius 2 is 0.981 bits per heavy atom. The monoisotopic (exact) mass is 714 g/mol. The molecule has 1 aliphatic heterocycles. The predicted octanol–water partition coefficient (Wildman–Crippen LogP) is 10.2. The minimum Gasteiger partial charge on any atom is -0.309 e. The quantitative estimate of drug-likeness (QED) is 0.167. The molecule has 0 amide bonds. The Hall–Kier alpha value is -6.42. The van der Waals surface area contributed by atoms with Gasteiger partial charge in [0.1, 0.15) is 0 Å². The van der Waals surface area contributed by atoms with Crippen molar-refractivity contribution in [3.05, 3.63) is 187 Å². The highest BCUT2D eigenvalue weighted by Crippen LogP contribution is 2.53. The molecule has 2 aromatic heterocycles. The molecule has 3 heterocycles. The summed E-state index contributed by atoms with van der Waals surface area (Å²) in [5.74, 6) is 1.82. The first kappa shape index (κ1) is 32.2. The number of hydrogen-bond donors (Lipinski definition) is 0. The van der Waals surface area contributed by atoms with E-state index in [1.54, 1.807) is 0 Å². The van der Waals surface area contributed by atoms with Gasteiger partial charge in [-0.1, -0.05) is 147 Å². The van der Waals surface area contributed by atoms with Crippen LogP contribution >= 0.6 is 7.14 Å². The van der Waals surface area contributed by atoms with Gasteiger partial charge < -0.3 is 9.13 Å². The topological polar surface area (TPSA) is 60.7 Å². The molecule has 258 valence electrons. The SMILES string of the molecule is CC1(C)c2ccccc2P(=O)(c2ccccc2)c2cc3c4cc(-c5nc(-c6ccccc6)nc(-c6ccccc6)n5)ccc4n(-c4ccccc4)c3cc21. The molecule has 10 rings (SSSR count). The van der Waals surface area contributed by atoms with Gasteiger partial charge in [-0.3, -0.25) is 0 Å². The number of para-hydroxylation sites is 1. The lowest BCUT2D eigenvalue weighted by Crippen LogP contribution is -2.42. The molecule has 0 spiro atoms. The van der Waals surface area contributed by atoms with Crippen LogP contribution in [0.25, 0.3) is 61.7 Å². The number of fused-ring (bicyclic) bond motifs is 5. The molecular formula is C48H35N4OP. The third-order valence-corrected chi connectivity index (χ3v) is 14.0. The van der Waals surface area contributed by atoms with Crippen LogP contribution in [0.5, 0.6) is 0 Å². The summed E-state index contributed by atoms with van der Waals surface area (Å²) < 4.78 is 18.4. The van der Waals surface area contributed by atoms with Crippen LogP contribution in [0.2, 0.25) is 0 Å². The van der Waals surface area contributed by atoms with Crippen molar-refractivity contribution in [1.82, 2.24) is 19.5 Å². The summed E-state index contributed by atoms with van der Waals surface area (Å²) in [7, 11) is -3.26. The van der Waals surface area contributed by atoms with E-state index < -0.39 is 12.6 Å². The van der Waals surface area contributed by atoms with E-state index in [4.69, 9.17) is 15.0 Å². The fourth-order valence-corrected chi connectivity index (χ4v) is 11.6. The Morgan fingerprint density at radius 3 is 1.61 bits per heavy atom. The van der Waals surface area contributed by atoms with Crippen molar-refractivity contribution in [2.75, 3.05) is 0 Å². The summed E-state index contributed by atoms with van der Waals surface area (Å²) in [6.45, 7) is 4.52. The second-order valence-corrected chi connectivity index (χ2v) is 17.1. The number of rotatable bonds is 5. The number of aromatic nitrogens is 4. The van der Waals surface area contributed by atoms with E-state index in [0.717, 1.165) is 71.2 Å². The van der Waals surface area contributed by atoms with Crippen molar-refractivity contribution in [1.29, 1.82) is 0 Å². The molecule has 0 N–H and O–H groups in total. The molecule has 1 atom stereocenters. The molecular weight excluding hydrogens is 680 g/mol. The van der Waals surface area contributed by atoms with Crippen LogP contribution in [0.15, 0.2) is 176 Å². The Balaban J connectivity index is 1.28. The van der Waals surface area contributed by atoms with Crippen LogP contribution in [0, 0.1) is 0 Å². The predicted molar refractivity (Wildman–Crippen MR) is 222 cm³/mol. The summed E-state index contributed by atoms with van der Waals surface area (Å²) in [5, 5.41) is 4.70. The maximum absolute atomic E-state index is 16.0. The van der Waals surface area contributed by atoms with Crippen LogP contribution in [0.4, 0.5) is 0 Å². The lowest BCUT2D eigenvalue weighted by Gasteiger charge is -2.39. The van der Waals surface area contributed by atoms with Gasteiger partial charge in [-0.2, -0.15) is 0 Å². The zero-order chi connectivity index (χ0) is 36.4. The summed E-state index contributed by atoms with van der Waals surface area (Å²) in [6, 6.07) is 59.9. The summed E-state index contributed by atoms with van der Waals surface area (Å²) in [6.07, 6.45) is 0. The Kier molecular flexibility index (Phi) is 7.37. The third kappa shape index (κ3) is 4.93. The fourth-order valence-electron chi connectivity index (χ4n) is 8.21. The number of nitrogens with zero attached hydrogens (tertiary/aromatic N) is 4. The Morgan fingerprint density at radius 1 is 0.463 bits per heavy atom. The molecule has 6 heteroatoms. The largest absolute Gasteiger partial charge is 0.309 e. The second kappa shape index (κ2) is 12.3. The molecule has 0 saturated carbocycles. The third-order valence-electron chi connectivity index (χ3n) is 10.9. The van der Waals surface area contributed by atoms with Crippen molar-refractivity contribution < 1.29 is 4.57 Å². The van der Waals surface area contributed by atoms with Gasteiger partial charge in [0.2, 0.25) is 0 Å². The first-order valence-electron chi connectivity index (χ1n) is 18.2. The highest BCUT2D eigenvalue weighted by molar-refractivity contribution is 7.85. The van der Waals surface area contributed by atoms with Gasteiger partial charge in [-0.25, -0.2) is 15.0 Å². The molecule has 1 aliphatic rings. The van der Waals surface area contributed by atoms with Crippen LogP contribution in [0.3, 0.4) is 0 Å². The maximum atomic E-state index is 16.0. The van der Waals surface area contributed by atoms with Crippen molar-refractivity contribution in [3.63, 3.8) is 0 Å². The minimum absolute atomic E-state index is 0.390. The molecule has 0 aliphatic carbocycles. The first-order chi connectivity index (χ1) is 26.4. The molecule has 0 fully saturated rings. The molecule has 5 nitrogen and oxygen atoms in total. The van der Waals surface area contributed by atoms with Crippen molar-refractivity contribution >= 4 is 44.9 Å². The van der Waals surface area contributed by atoms with Gasteiger partial charge in [0.05, 0.1) is 11.0 Å². The van der Waals surface area contributed by atoms with Gasteiger partial charge >= 0.3 is 0 Å². The van der Waals surface area contributed by atoms with E-state index in [-0.39, 0.29) is 0 Å². The average molecular weight is 715 g/mol. The smallest absolute Gasteiger partial charge is 0.171 e. The van der Waals surface area contributed by atoms with E-state index >= 15 is 4.57 Å². The number of benzene rings is 7. The van der Waals surface area contributed by atoms with Crippen LogP contribution in [-0.2, 0) is 9.98 Å². The molecule has 0 radical (unpaired) electrons. The van der Waals surface area contributed by atoms with E-state index in [1.165, 1.54) is 0 Å². The van der Waals surface area contributed by atoms with Gasteiger partial charge in [0.15, 0.2) is 24.6 Å². The minimum atomic E-state index is -3.26. The van der Waals surface area contributed by atoms with Crippen molar-refractivity contribution in [3.8, 4) is 39.9 Å². The first-order valence-corrected chi connectivity index (χ1v) is 19.9. The summed E-state index contributed by atoms with van der Waals surface area (Å²) >= 11 is 0. The molecule has 0 bridgehead atoms. The fraction of sp³-hybridized carbons (Fsp3) is 0.0625. The van der Waals surface area contributed by atoms with Crippen LogP contribution < -0.4 is 15.9 Å². The van der Waals surface area contributed by atoms with Gasteiger partial charge in [0, 0.05) is 54.5 Å². The molecule has 1 unspecified atom stereocenters. The molecule has 7 aromatic carbocycles. The molecule has 0 saturated heterocycles. The lowest BCUT2D eigenvalue weighted by molar-refractivity contribution is 0.586. The molecule has 9 aromatic rings. The van der Waals surface area contributed by atoms with E-state index in [9.17, 15) is 0 Å². The zero-order valence-corrected chi connectivity index (χ0v) is 30.8. The summed E-state index contributed by atoms with van der Waals surface area (Å²) in [4.78, 5) is 15.0. The number of hydrogen-bond acceptors (Lipinski definition) is 4. The van der Waals surface area contributed by atoms with Gasteiger partial charge in [0.25, 0.3) is 0 Å². The highest BCUT2D eigenvalue weighted by atomic mass is 31.2. The van der Waals surface area contributed by atoms with Crippen molar-refractivity contribution in [2.24, 2.45) is 0 Å². The average Bonchev–Trinajstić information content (AvgIpc) is 3.56. The van der Waals surface area contributed by atoms with Gasteiger partial charge in [-0.15, -0.1) is 0 Å². The van der Waals surface area contributed by atoms with Crippen LogP contribution in [-0.4, -0.2) is 19.5 Å². The normalized spacial score (nSPS) is 15.9. The van der Waals surface area contributed by atoms with E-state index in [1.807, 2.05) is 103 Å². The second-order valence-electron chi connectivity index (χ2n) is 14.4. The maximum Gasteiger partial charge on any atom is 0.171 e. The lowest BCUT2D eigenvalue weighted by atomic mass is 9.77. The van der Waals surface area contributed by atoms with E-state index in [2.05, 4.69) is 91.2 Å². The Labute approximate surface area is 314 Å². The zero-order valence-electron chi connectivity index (χ0n) is 29.9. The standard InChI is InChI=1S/C48H35N4OP/c1-48(2)39-25-15-16-26-43(39)54(53,36-23-13-6-14-24-36)44-30-38-37-29-34(27-28-41(37)52(42(38)31-40(44)48)35-21-11-5-12-22-35)47-50-45(32-17-7-3-8-18-32)49-46(51-47)33-19-9-4-10-20-33/h3-31H,1-2H3. The molecule has 54 heavy (non-hydrogen) atoms. The van der Waals surface area contributed by atoms with Gasteiger partial charge in [-0.05, 0) is 53.6 Å². The highest BCUT2D eigenvalue weighted by Gasteiger charge is 2.45. The Bertz CT molecular complexity index is 2860. The van der Waals surface area contributed by atoms with Crippen molar-refractivity contribution in [2.45, 2.75) is 19.3 Å².